The molecule has 0 bridgehead atoms. The Morgan fingerprint density at radius 3 is 2.76 bits per heavy atom. The molecule has 0 saturated carbocycles. The number of carbonyl (C=O) groups is 1. The molecule has 0 aliphatic heterocycles. The van der Waals surface area contributed by atoms with E-state index >= 15 is 0 Å². The molecule has 25 heavy (non-hydrogen) atoms. The van der Waals surface area contributed by atoms with Gasteiger partial charge in [0, 0.05) is 11.1 Å². The van der Waals surface area contributed by atoms with Crippen LogP contribution in [0.5, 0.6) is 0 Å². The molecule has 0 atom stereocenters. The summed E-state index contributed by atoms with van der Waals surface area (Å²) in [6.07, 6.45) is 4.46. The van der Waals surface area contributed by atoms with Crippen molar-refractivity contribution in [3.05, 3.63) is 81.0 Å². The van der Waals surface area contributed by atoms with E-state index in [0.717, 1.165) is 15.7 Å². The lowest BCUT2D eigenvalue weighted by Gasteiger charge is -2.10. The molecule has 128 valence electrons. The van der Waals surface area contributed by atoms with Crippen LogP contribution in [0.25, 0.3) is 0 Å². The first-order valence-corrected chi connectivity index (χ1v) is 8.62. The van der Waals surface area contributed by atoms with Crippen LogP contribution in [0.15, 0.2) is 67.8 Å². The molecule has 1 aromatic carbocycles. The lowest BCUT2D eigenvalue weighted by atomic mass is 10.2. The van der Waals surface area contributed by atoms with E-state index in [-0.39, 0.29) is 12.1 Å². The second-order valence-corrected chi connectivity index (χ2v) is 5.98. The van der Waals surface area contributed by atoms with Crippen molar-refractivity contribution in [2.45, 2.75) is 11.4 Å². The van der Waals surface area contributed by atoms with Crippen LogP contribution < -0.4 is 16.6 Å². The second-order valence-electron chi connectivity index (χ2n) is 5.13. The zero-order valence-corrected chi connectivity index (χ0v) is 14.1. The first-order valence-electron chi connectivity index (χ1n) is 7.39. The van der Waals surface area contributed by atoms with E-state index in [2.05, 4.69) is 10.3 Å². The Morgan fingerprint density at radius 1 is 1.24 bits per heavy atom. The molecule has 0 aliphatic rings. The molecule has 3 rings (SSSR count). The monoisotopic (exact) mass is 357 g/mol. The highest BCUT2D eigenvalue weighted by Crippen LogP contribution is 2.24. The van der Waals surface area contributed by atoms with Gasteiger partial charge >= 0.3 is 5.69 Å². The van der Waals surface area contributed by atoms with E-state index in [0.29, 0.717) is 11.4 Å². The van der Waals surface area contributed by atoms with Gasteiger partial charge in [0.1, 0.15) is 11.3 Å². The number of hydrogen-bond donors (Lipinski definition) is 2. The highest BCUT2D eigenvalue weighted by atomic mass is 32.2. The summed E-state index contributed by atoms with van der Waals surface area (Å²) >= 11 is 1.48. The van der Waals surface area contributed by atoms with Crippen LogP contribution in [-0.2, 0) is 6.54 Å². The molecule has 2 N–H and O–H groups in total. The Balaban J connectivity index is 1.93. The Bertz CT molecular complexity index is 1010. The van der Waals surface area contributed by atoms with E-state index in [1.165, 1.54) is 18.0 Å². The number of nitrogens with zero attached hydrogens (tertiary/aromatic N) is 1. The van der Waals surface area contributed by atoms with Crippen molar-refractivity contribution in [3.8, 4) is 0 Å². The average Bonchev–Trinajstić information content (AvgIpc) is 3.12. The van der Waals surface area contributed by atoms with Crippen molar-refractivity contribution in [1.82, 2.24) is 9.55 Å². The molecule has 0 spiro atoms. The zero-order valence-electron chi connectivity index (χ0n) is 13.3. The third-order valence-corrected chi connectivity index (χ3v) is 4.35. The van der Waals surface area contributed by atoms with Gasteiger partial charge in [0.05, 0.1) is 18.5 Å². The minimum Gasteiger partial charge on any atom is -0.467 e. The van der Waals surface area contributed by atoms with Gasteiger partial charge in [0.2, 0.25) is 0 Å². The molecule has 3 aromatic rings. The van der Waals surface area contributed by atoms with Crippen LogP contribution in [0, 0.1) is 0 Å². The van der Waals surface area contributed by atoms with Crippen molar-refractivity contribution in [2.24, 2.45) is 0 Å². The molecule has 8 heteroatoms. The number of carbonyl (C=O) groups excluding carboxylic acids is 1. The predicted octanol–water partition coefficient (Wildman–Crippen LogP) is 2.15. The van der Waals surface area contributed by atoms with Crippen molar-refractivity contribution < 1.29 is 9.21 Å². The molecule has 0 saturated heterocycles. The number of para-hydroxylation sites is 1. The van der Waals surface area contributed by atoms with Crippen LogP contribution in [0.1, 0.15) is 16.1 Å². The third-order valence-electron chi connectivity index (χ3n) is 3.55. The van der Waals surface area contributed by atoms with Crippen molar-refractivity contribution in [3.63, 3.8) is 0 Å². The van der Waals surface area contributed by atoms with Gasteiger partial charge in [-0.3, -0.25) is 14.2 Å². The number of amides is 1. The lowest BCUT2D eigenvalue weighted by Crippen LogP contribution is -2.39. The standard InChI is InChI=1S/C17H15N3O4S/c1-25-14-7-3-2-6-13(14)19-15(21)12-9-18-17(23)20(16(12)22)10-11-5-4-8-24-11/h2-9H,10H2,1H3,(H,18,23)(H,19,21). The summed E-state index contributed by atoms with van der Waals surface area (Å²) in [6.45, 7) is -0.0519. The van der Waals surface area contributed by atoms with Gasteiger partial charge in [-0.15, -0.1) is 11.8 Å². The molecule has 1 amide bonds. The maximum absolute atomic E-state index is 12.5. The third kappa shape index (κ3) is 3.58. The fraction of sp³-hybridized carbons (Fsp3) is 0.118. The highest BCUT2D eigenvalue weighted by Gasteiger charge is 2.16. The molecule has 0 fully saturated rings. The van der Waals surface area contributed by atoms with E-state index < -0.39 is 17.2 Å². The van der Waals surface area contributed by atoms with E-state index in [1.54, 1.807) is 24.3 Å². The number of thioether (sulfide) groups is 1. The summed E-state index contributed by atoms with van der Waals surface area (Å²) in [5.41, 5.74) is -0.841. The molecule has 0 radical (unpaired) electrons. The Morgan fingerprint density at radius 2 is 2.04 bits per heavy atom. The molecule has 0 aliphatic carbocycles. The number of hydrogen-bond acceptors (Lipinski definition) is 5. The first kappa shape index (κ1) is 16.8. The summed E-state index contributed by atoms with van der Waals surface area (Å²) in [6, 6.07) is 10.6. The van der Waals surface area contributed by atoms with Crippen molar-refractivity contribution in [1.29, 1.82) is 0 Å². The topological polar surface area (TPSA) is 97.1 Å². The SMILES string of the molecule is CSc1ccccc1NC(=O)c1c[nH]c(=O)n(Cc2ccco2)c1=O. The minimum absolute atomic E-state index is 0.0519. The summed E-state index contributed by atoms with van der Waals surface area (Å²) in [5.74, 6) is -0.145. The number of aromatic amines is 1. The smallest absolute Gasteiger partial charge is 0.328 e. The van der Waals surface area contributed by atoms with Crippen LogP contribution in [0.2, 0.25) is 0 Å². The number of aromatic nitrogens is 2. The van der Waals surface area contributed by atoms with Crippen LogP contribution >= 0.6 is 11.8 Å². The zero-order chi connectivity index (χ0) is 17.8. The van der Waals surface area contributed by atoms with Crippen LogP contribution in [-0.4, -0.2) is 21.7 Å². The lowest BCUT2D eigenvalue weighted by molar-refractivity contribution is 0.102. The largest absolute Gasteiger partial charge is 0.467 e. The van der Waals surface area contributed by atoms with Gasteiger partial charge in [-0.25, -0.2) is 4.79 Å². The summed E-state index contributed by atoms with van der Waals surface area (Å²) < 4.78 is 6.08. The van der Waals surface area contributed by atoms with Gasteiger partial charge in [0.25, 0.3) is 11.5 Å². The Kier molecular flexibility index (Phi) is 4.90. The molecule has 2 heterocycles. The quantitative estimate of drug-likeness (QED) is 0.682. The van der Waals surface area contributed by atoms with Crippen LogP contribution in [0.4, 0.5) is 5.69 Å². The van der Waals surface area contributed by atoms with Gasteiger partial charge in [-0.2, -0.15) is 0 Å². The van der Waals surface area contributed by atoms with E-state index in [1.807, 2.05) is 18.4 Å². The van der Waals surface area contributed by atoms with Crippen LogP contribution in [0.3, 0.4) is 0 Å². The number of benzene rings is 1. The Labute approximate surface area is 146 Å². The fourth-order valence-corrected chi connectivity index (χ4v) is 2.87. The molecular weight excluding hydrogens is 342 g/mol. The number of H-pyrrole nitrogens is 1. The maximum atomic E-state index is 12.5. The Hall–Kier alpha value is -3.00. The number of anilines is 1. The van der Waals surface area contributed by atoms with Gasteiger partial charge in [-0.1, -0.05) is 12.1 Å². The predicted molar refractivity (Wildman–Crippen MR) is 95.3 cm³/mol. The second kappa shape index (κ2) is 7.27. The van der Waals surface area contributed by atoms with E-state index in [9.17, 15) is 14.4 Å². The molecular formula is C17H15N3O4S. The fourth-order valence-electron chi connectivity index (χ4n) is 2.31. The first-order chi connectivity index (χ1) is 12.1. The van der Waals surface area contributed by atoms with Crippen molar-refractivity contribution in [2.75, 3.05) is 11.6 Å². The number of furan rings is 1. The highest BCUT2D eigenvalue weighted by molar-refractivity contribution is 7.98. The van der Waals surface area contributed by atoms with Crippen molar-refractivity contribution >= 4 is 23.4 Å². The number of nitrogens with one attached hydrogen (secondary N) is 2. The average molecular weight is 357 g/mol. The number of rotatable bonds is 5. The summed E-state index contributed by atoms with van der Waals surface area (Å²) in [4.78, 5) is 40.2. The van der Waals surface area contributed by atoms with E-state index in [4.69, 9.17) is 4.42 Å². The maximum Gasteiger partial charge on any atom is 0.328 e. The van der Waals surface area contributed by atoms with Gasteiger partial charge < -0.3 is 14.7 Å². The summed E-state index contributed by atoms with van der Waals surface area (Å²) in [7, 11) is 0. The normalized spacial score (nSPS) is 10.6. The van der Waals surface area contributed by atoms with Gasteiger partial charge in [-0.05, 0) is 30.5 Å². The molecule has 0 unspecified atom stereocenters. The molecule has 7 nitrogen and oxygen atoms in total. The van der Waals surface area contributed by atoms with Gasteiger partial charge in [0.15, 0.2) is 0 Å². The summed E-state index contributed by atoms with van der Waals surface area (Å²) in [5, 5.41) is 2.71. The molecule has 2 aromatic heterocycles. The minimum atomic E-state index is -0.681.